The molecule has 0 spiro atoms. The summed E-state index contributed by atoms with van der Waals surface area (Å²) in [5, 5.41) is 4.19. The van der Waals surface area contributed by atoms with E-state index in [4.69, 9.17) is 4.74 Å². The zero-order valence-electron chi connectivity index (χ0n) is 19.5. The van der Waals surface area contributed by atoms with Gasteiger partial charge in [0.15, 0.2) is 5.16 Å². The molecular weight excluding hydrogens is 434 g/mol. The van der Waals surface area contributed by atoms with E-state index in [2.05, 4.69) is 28.5 Å². The second-order valence-corrected chi connectivity index (χ2v) is 9.65. The molecule has 4 rings (SSSR count). The minimum atomic E-state index is -0.195. The van der Waals surface area contributed by atoms with Crippen LogP contribution >= 0.6 is 11.8 Å². The second kappa shape index (κ2) is 10.5. The SMILES string of the molecule is COC[C@H](C)n1c(SCC(=O)N[C@@H](C)c2ccc3c(c2)CCCC3)nc2ccccc2c1=O. The summed E-state index contributed by atoms with van der Waals surface area (Å²) in [6, 6.07) is 13.6. The van der Waals surface area contributed by atoms with Crippen molar-refractivity contribution in [1.82, 2.24) is 14.9 Å². The van der Waals surface area contributed by atoms with Gasteiger partial charge in [-0.05, 0) is 68.4 Å². The van der Waals surface area contributed by atoms with Crippen LogP contribution in [0, 0.1) is 0 Å². The number of nitrogens with zero attached hydrogens (tertiary/aromatic N) is 2. The molecule has 0 bridgehead atoms. The fourth-order valence-electron chi connectivity index (χ4n) is 4.45. The molecular formula is C26H31N3O3S. The van der Waals surface area contributed by atoms with Crippen LogP contribution in [0.4, 0.5) is 0 Å². The minimum absolute atomic E-state index is 0.0792. The Bertz CT molecular complexity index is 1210. The third kappa shape index (κ3) is 5.31. The molecule has 0 saturated carbocycles. The van der Waals surface area contributed by atoms with Gasteiger partial charge in [0.2, 0.25) is 5.91 Å². The third-order valence-corrected chi connectivity index (χ3v) is 7.16. The fourth-order valence-corrected chi connectivity index (χ4v) is 5.36. The first kappa shape index (κ1) is 23.5. The summed E-state index contributed by atoms with van der Waals surface area (Å²) in [5.41, 5.74) is 4.49. The molecule has 1 aromatic heterocycles. The number of nitrogens with one attached hydrogen (secondary N) is 1. The Kier molecular flexibility index (Phi) is 7.50. The maximum absolute atomic E-state index is 13.1. The molecule has 7 heteroatoms. The lowest BCUT2D eigenvalue weighted by Crippen LogP contribution is -2.30. The normalized spacial score (nSPS) is 15.1. The van der Waals surface area contributed by atoms with E-state index in [0.717, 1.165) is 18.4 Å². The largest absolute Gasteiger partial charge is 0.383 e. The fraction of sp³-hybridized carbons (Fsp3) is 0.423. The van der Waals surface area contributed by atoms with E-state index < -0.39 is 0 Å². The molecule has 0 radical (unpaired) electrons. The molecule has 1 heterocycles. The van der Waals surface area contributed by atoms with Crippen molar-refractivity contribution in [2.75, 3.05) is 19.5 Å². The summed E-state index contributed by atoms with van der Waals surface area (Å²) in [6.45, 7) is 4.32. The molecule has 6 nitrogen and oxygen atoms in total. The highest BCUT2D eigenvalue weighted by molar-refractivity contribution is 7.99. The highest BCUT2D eigenvalue weighted by atomic mass is 32.2. The van der Waals surface area contributed by atoms with E-state index in [1.807, 2.05) is 32.0 Å². The van der Waals surface area contributed by atoms with E-state index >= 15 is 0 Å². The summed E-state index contributed by atoms with van der Waals surface area (Å²) in [5.74, 6) is 0.0957. The van der Waals surface area contributed by atoms with Crippen molar-refractivity contribution >= 4 is 28.6 Å². The number of benzene rings is 2. The minimum Gasteiger partial charge on any atom is -0.383 e. The van der Waals surface area contributed by atoms with Gasteiger partial charge in [-0.1, -0.05) is 42.1 Å². The van der Waals surface area contributed by atoms with E-state index in [-0.39, 0.29) is 29.3 Å². The van der Waals surface area contributed by atoms with Crippen molar-refractivity contribution in [3.05, 3.63) is 69.5 Å². The van der Waals surface area contributed by atoms with Gasteiger partial charge in [-0.2, -0.15) is 0 Å². The summed E-state index contributed by atoms with van der Waals surface area (Å²) in [6.07, 6.45) is 4.75. The lowest BCUT2D eigenvalue weighted by Gasteiger charge is -2.21. The lowest BCUT2D eigenvalue weighted by molar-refractivity contribution is -0.119. The maximum atomic E-state index is 13.1. The summed E-state index contributed by atoms with van der Waals surface area (Å²) >= 11 is 1.28. The highest BCUT2D eigenvalue weighted by Gasteiger charge is 2.19. The number of aromatic nitrogens is 2. The average Bonchev–Trinajstić information content (AvgIpc) is 2.82. The van der Waals surface area contributed by atoms with E-state index in [0.29, 0.717) is 22.7 Å². The number of amides is 1. The van der Waals surface area contributed by atoms with Gasteiger partial charge in [0.1, 0.15) is 0 Å². The van der Waals surface area contributed by atoms with E-state index in [1.165, 1.54) is 35.7 Å². The Morgan fingerprint density at radius 3 is 2.70 bits per heavy atom. The third-order valence-electron chi connectivity index (χ3n) is 6.21. The van der Waals surface area contributed by atoms with Crippen LogP contribution in [0.1, 0.15) is 55.5 Å². The Morgan fingerprint density at radius 2 is 1.91 bits per heavy atom. The molecule has 0 unspecified atom stereocenters. The van der Waals surface area contributed by atoms with E-state index in [1.54, 1.807) is 17.7 Å². The topological polar surface area (TPSA) is 73.2 Å². The van der Waals surface area contributed by atoms with Crippen LogP contribution in [0.25, 0.3) is 10.9 Å². The summed E-state index contributed by atoms with van der Waals surface area (Å²) in [7, 11) is 1.61. The van der Waals surface area contributed by atoms with Gasteiger partial charge in [-0.3, -0.25) is 14.2 Å². The van der Waals surface area contributed by atoms with Crippen molar-refractivity contribution in [2.24, 2.45) is 0 Å². The standard InChI is InChI=1S/C26H31N3O3S/c1-17(15-32-3)29-25(31)22-10-6-7-11-23(22)28-26(29)33-16-24(30)27-18(2)20-13-12-19-8-4-5-9-21(19)14-20/h6-7,10-14,17-18H,4-5,8-9,15-16H2,1-3H3,(H,27,30)/t17-,18-/m0/s1. The zero-order valence-corrected chi connectivity index (χ0v) is 20.3. The molecule has 1 N–H and O–H groups in total. The number of carbonyl (C=O) groups excluding carboxylic acids is 1. The van der Waals surface area contributed by atoms with Crippen molar-refractivity contribution in [2.45, 2.75) is 56.8 Å². The average molecular weight is 466 g/mol. The van der Waals surface area contributed by atoms with Gasteiger partial charge in [0.25, 0.3) is 5.56 Å². The molecule has 3 aromatic rings. The lowest BCUT2D eigenvalue weighted by atomic mass is 9.89. The van der Waals surface area contributed by atoms with Gasteiger partial charge in [0.05, 0.1) is 35.3 Å². The highest BCUT2D eigenvalue weighted by Crippen LogP contribution is 2.25. The molecule has 0 saturated heterocycles. The molecule has 1 aliphatic carbocycles. The first-order valence-corrected chi connectivity index (χ1v) is 12.5. The Morgan fingerprint density at radius 1 is 1.15 bits per heavy atom. The number of methoxy groups -OCH3 is 1. The second-order valence-electron chi connectivity index (χ2n) is 8.70. The van der Waals surface area contributed by atoms with Crippen molar-refractivity contribution < 1.29 is 9.53 Å². The Balaban J connectivity index is 1.49. The molecule has 2 aromatic carbocycles. The number of aryl methyl sites for hydroxylation is 2. The van der Waals surface area contributed by atoms with Crippen LogP contribution in [-0.2, 0) is 22.4 Å². The Labute approximate surface area is 198 Å². The van der Waals surface area contributed by atoms with Gasteiger partial charge >= 0.3 is 0 Å². The number of thioether (sulfide) groups is 1. The first-order valence-electron chi connectivity index (χ1n) is 11.5. The number of ether oxygens (including phenoxy) is 1. The Hall–Kier alpha value is -2.64. The monoisotopic (exact) mass is 465 g/mol. The van der Waals surface area contributed by atoms with Crippen LogP contribution < -0.4 is 10.9 Å². The maximum Gasteiger partial charge on any atom is 0.262 e. The van der Waals surface area contributed by atoms with Crippen molar-refractivity contribution in [3.63, 3.8) is 0 Å². The molecule has 33 heavy (non-hydrogen) atoms. The molecule has 0 aliphatic heterocycles. The van der Waals surface area contributed by atoms with Gasteiger partial charge < -0.3 is 10.1 Å². The summed E-state index contributed by atoms with van der Waals surface area (Å²) in [4.78, 5) is 30.6. The van der Waals surface area contributed by atoms with E-state index in [9.17, 15) is 9.59 Å². The number of para-hydroxylation sites is 1. The van der Waals surface area contributed by atoms with Crippen molar-refractivity contribution in [3.8, 4) is 0 Å². The number of hydrogen-bond donors (Lipinski definition) is 1. The van der Waals surface area contributed by atoms with Gasteiger partial charge in [-0.15, -0.1) is 0 Å². The number of fused-ring (bicyclic) bond motifs is 2. The molecule has 1 amide bonds. The van der Waals surface area contributed by atoms with Crippen LogP contribution in [0.5, 0.6) is 0 Å². The van der Waals surface area contributed by atoms with Crippen LogP contribution in [-0.4, -0.2) is 34.9 Å². The zero-order chi connectivity index (χ0) is 23.4. The number of hydrogen-bond acceptors (Lipinski definition) is 5. The summed E-state index contributed by atoms with van der Waals surface area (Å²) < 4.78 is 6.91. The molecule has 2 atom stereocenters. The predicted octanol–water partition coefficient (Wildman–Crippen LogP) is 4.45. The van der Waals surface area contributed by atoms with Gasteiger partial charge in [-0.25, -0.2) is 4.98 Å². The van der Waals surface area contributed by atoms with Crippen LogP contribution in [0.3, 0.4) is 0 Å². The molecule has 0 fully saturated rings. The first-order chi connectivity index (χ1) is 16.0. The van der Waals surface area contributed by atoms with Crippen LogP contribution in [0.2, 0.25) is 0 Å². The smallest absolute Gasteiger partial charge is 0.262 e. The number of carbonyl (C=O) groups is 1. The predicted molar refractivity (Wildman–Crippen MR) is 133 cm³/mol. The quantitative estimate of drug-likeness (QED) is 0.393. The van der Waals surface area contributed by atoms with Gasteiger partial charge in [0, 0.05) is 7.11 Å². The van der Waals surface area contributed by atoms with Crippen molar-refractivity contribution in [1.29, 1.82) is 0 Å². The molecule has 174 valence electrons. The number of rotatable bonds is 8. The molecule has 1 aliphatic rings. The van der Waals surface area contributed by atoms with Crippen LogP contribution in [0.15, 0.2) is 52.4 Å².